The van der Waals surface area contributed by atoms with Gasteiger partial charge in [0.05, 0.1) is 10.9 Å². The van der Waals surface area contributed by atoms with Gasteiger partial charge in [-0.1, -0.05) is 6.07 Å². The zero-order chi connectivity index (χ0) is 14.8. The number of nitrogens with one attached hydrogen (secondary N) is 1. The molecule has 1 atom stereocenters. The minimum absolute atomic E-state index is 0.200. The summed E-state index contributed by atoms with van der Waals surface area (Å²) in [6.07, 6.45) is 0. The van der Waals surface area contributed by atoms with Crippen LogP contribution >= 0.6 is 11.3 Å². The molecule has 0 aliphatic carbocycles. The molecule has 0 aliphatic rings. The van der Waals surface area contributed by atoms with E-state index in [-0.39, 0.29) is 6.04 Å². The van der Waals surface area contributed by atoms with E-state index in [1.807, 2.05) is 11.4 Å². The molecule has 0 radical (unpaired) electrons. The van der Waals surface area contributed by atoms with Gasteiger partial charge < -0.3 is 5.32 Å². The number of thiophene rings is 1. The standard InChI is InChI=1S/C14H18N2O2S2/c1-11(14-5-4-10-19-14)15-12-6-8-13(9-7-12)20(17,18)16(2)3/h4-11,15H,1-3H3. The molecule has 1 aromatic heterocycles. The second-order valence-electron chi connectivity index (χ2n) is 4.69. The van der Waals surface area contributed by atoms with Crippen molar-refractivity contribution in [3.8, 4) is 0 Å². The van der Waals surface area contributed by atoms with Gasteiger partial charge in [0.2, 0.25) is 10.0 Å². The summed E-state index contributed by atoms with van der Waals surface area (Å²) in [5.74, 6) is 0. The third-order valence-electron chi connectivity index (χ3n) is 2.99. The summed E-state index contributed by atoms with van der Waals surface area (Å²) in [4.78, 5) is 1.55. The first-order chi connectivity index (χ1) is 9.41. The molecular weight excluding hydrogens is 292 g/mol. The predicted octanol–water partition coefficient (Wildman–Crippen LogP) is 3.17. The van der Waals surface area contributed by atoms with Crippen molar-refractivity contribution < 1.29 is 8.42 Å². The van der Waals surface area contributed by atoms with Crippen molar-refractivity contribution in [1.82, 2.24) is 4.31 Å². The molecule has 0 saturated carbocycles. The number of hydrogen-bond donors (Lipinski definition) is 1. The highest BCUT2D eigenvalue weighted by Crippen LogP contribution is 2.24. The van der Waals surface area contributed by atoms with Crippen LogP contribution in [0, 0.1) is 0 Å². The van der Waals surface area contributed by atoms with Crippen LogP contribution in [0.4, 0.5) is 5.69 Å². The fourth-order valence-corrected chi connectivity index (χ4v) is 3.43. The lowest BCUT2D eigenvalue weighted by Gasteiger charge is -2.15. The first kappa shape index (κ1) is 15.0. The van der Waals surface area contributed by atoms with Crippen LogP contribution in [0.5, 0.6) is 0 Å². The normalized spacial score (nSPS) is 13.4. The molecule has 1 unspecified atom stereocenters. The first-order valence-electron chi connectivity index (χ1n) is 6.24. The van der Waals surface area contributed by atoms with Crippen LogP contribution in [0.15, 0.2) is 46.7 Å². The fraction of sp³-hybridized carbons (Fsp3) is 0.286. The highest BCUT2D eigenvalue weighted by Gasteiger charge is 2.16. The quantitative estimate of drug-likeness (QED) is 0.923. The summed E-state index contributed by atoms with van der Waals surface area (Å²) in [7, 11) is -0.301. The molecule has 1 aromatic carbocycles. The van der Waals surface area contributed by atoms with Crippen LogP contribution in [0.25, 0.3) is 0 Å². The second-order valence-corrected chi connectivity index (χ2v) is 7.82. The summed E-state index contributed by atoms with van der Waals surface area (Å²) in [6.45, 7) is 2.08. The summed E-state index contributed by atoms with van der Waals surface area (Å²) >= 11 is 1.70. The van der Waals surface area contributed by atoms with E-state index in [2.05, 4.69) is 18.3 Å². The van der Waals surface area contributed by atoms with E-state index in [1.54, 1.807) is 35.6 Å². The minimum Gasteiger partial charge on any atom is -0.378 e. The predicted molar refractivity (Wildman–Crippen MR) is 83.7 cm³/mol. The van der Waals surface area contributed by atoms with Crippen LogP contribution in [0.1, 0.15) is 17.8 Å². The van der Waals surface area contributed by atoms with Gasteiger partial charge in [-0.2, -0.15) is 0 Å². The summed E-state index contributed by atoms with van der Waals surface area (Å²) in [5, 5.41) is 5.40. The van der Waals surface area contributed by atoms with Crippen molar-refractivity contribution in [3.63, 3.8) is 0 Å². The van der Waals surface area contributed by atoms with E-state index in [4.69, 9.17) is 0 Å². The molecule has 2 aromatic rings. The summed E-state index contributed by atoms with van der Waals surface area (Å²) in [5.41, 5.74) is 0.906. The van der Waals surface area contributed by atoms with E-state index in [1.165, 1.54) is 23.3 Å². The number of sulfonamides is 1. The van der Waals surface area contributed by atoms with Crippen LogP contribution < -0.4 is 5.32 Å². The number of benzene rings is 1. The molecule has 2 rings (SSSR count). The highest BCUT2D eigenvalue weighted by molar-refractivity contribution is 7.89. The van der Waals surface area contributed by atoms with E-state index >= 15 is 0 Å². The molecule has 0 aliphatic heterocycles. The first-order valence-corrected chi connectivity index (χ1v) is 8.56. The van der Waals surface area contributed by atoms with Crippen molar-refractivity contribution >= 4 is 27.0 Å². The Morgan fingerprint density at radius 1 is 1.15 bits per heavy atom. The molecule has 0 bridgehead atoms. The monoisotopic (exact) mass is 310 g/mol. The smallest absolute Gasteiger partial charge is 0.242 e. The van der Waals surface area contributed by atoms with E-state index in [0.29, 0.717) is 4.90 Å². The zero-order valence-corrected chi connectivity index (χ0v) is 13.3. The maximum absolute atomic E-state index is 12.0. The van der Waals surface area contributed by atoms with Gasteiger partial charge in [0.1, 0.15) is 0 Å². The third kappa shape index (κ3) is 3.20. The van der Waals surface area contributed by atoms with E-state index < -0.39 is 10.0 Å². The van der Waals surface area contributed by atoms with Crippen LogP contribution in [0.2, 0.25) is 0 Å². The van der Waals surface area contributed by atoms with Gasteiger partial charge in [-0.15, -0.1) is 11.3 Å². The van der Waals surface area contributed by atoms with Gasteiger partial charge in [0.25, 0.3) is 0 Å². The number of hydrogen-bond acceptors (Lipinski definition) is 4. The topological polar surface area (TPSA) is 49.4 Å². The molecule has 1 heterocycles. The number of nitrogens with zero attached hydrogens (tertiary/aromatic N) is 1. The maximum Gasteiger partial charge on any atom is 0.242 e. The van der Waals surface area contributed by atoms with Crippen LogP contribution in [-0.4, -0.2) is 26.8 Å². The lowest BCUT2D eigenvalue weighted by atomic mass is 10.2. The second kappa shape index (κ2) is 5.95. The third-order valence-corrected chi connectivity index (χ3v) is 5.87. The van der Waals surface area contributed by atoms with Crippen LogP contribution in [-0.2, 0) is 10.0 Å². The van der Waals surface area contributed by atoms with Crippen LogP contribution in [0.3, 0.4) is 0 Å². The van der Waals surface area contributed by atoms with E-state index in [0.717, 1.165) is 5.69 Å². The van der Waals surface area contributed by atoms with Crippen molar-refractivity contribution in [2.24, 2.45) is 0 Å². The Morgan fingerprint density at radius 2 is 1.80 bits per heavy atom. The maximum atomic E-state index is 12.0. The average molecular weight is 310 g/mol. The van der Waals surface area contributed by atoms with Gasteiger partial charge in [0, 0.05) is 24.7 Å². The molecule has 4 nitrogen and oxygen atoms in total. The van der Waals surface area contributed by atoms with Crippen molar-refractivity contribution in [2.75, 3.05) is 19.4 Å². The fourth-order valence-electron chi connectivity index (χ4n) is 1.79. The molecule has 0 spiro atoms. The molecule has 0 fully saturated rings. The molecule has 0 amide bonds. The Bertz CT molecular complexity index is 647. The molecular formula is C14H18N2O2S2. The van der Waals surface area contributed by atoms with Gasteiger partial charge in [-0.25, -0.2) is 12.7 Å². The molecule has 1 N–H and O–H groups in total. The lowest BCUT2D eigenvalue weighted by Crippen LogP contribution is -2.22. The van der Waals surface area contributed by atoms with Gasteiger partial charge in [-0.05, 0) is 42.6 Å². The Balaban J connectivity index is 2.13. The van der Waals surface area contributed by atoms with Crippen molar-refractivity contribution in [1.29, 1.82) is 0 Å². The number of anilines is 1. The zero-order valence-electron chi connectivity index (χ0n) is 11.7. The highest BCUT2D eigenvalue weighted by atomic mass is 32.2. The molecule has 6 heteroatoms. The minimum atomic E-state index is -3.36. The van der Waals surface area contributed by atoms with Crippen molar-refractivity contribution in [2.45, 2.75) is 17.9 Å². The van der Waals surface area contributed by atoms with Gasteiger partial charge >= 0.3 is 0 Å². The largest absolute Gasteiger partial charge is 0.378 e. The average Bonchev–Trinajstić information content (AvgIpc) is 2.93. The summed E-state index contributed by atoms with van der Waals surface area (Å²) in [6, 6.07) is 11.1. The summed E-state index contributed by atoms with van der Waals surface area (Å²) < 4.78 is 25.1. The lowest BCUT2D eigenvalue weighted by molar-refractivity contribution is 0.521. The van der Waals surface area contributed by atoms with Gasteiger partial charge in [-0.3, -0.25) is 0 Å². The van der Waals surface area contributed by atoms with Crippen molar-refractivity contribution in [3.05, 3.63) is 46.7 Å². The van der Waals surface area contributed by atoms with E-state index in [9.17, 15) is 8.42 Å². The SMILES string of the molecule is CC(Nc1ccc(S(=O)(=O)N(C)C)cc1)c1cccs1. The molecule has 0 saturated heterocycles. The number of rotatable bonds is 5. The Hall–Kier alpha value is -1.37. The van der Waals surface area contributed by atoms with Gasteiger partial charge in [0.15, 0.2) is 0 Å². The Kier molecular flexibility index (Phi) is 4.47. The Morgan fingerprint density at radius 3 is 2.30 bits per heavy atom. The molecule has 20 heavy (non-hydrogen) atoms. The Labute approximate surface area is 124 Å². The molecule has 108 valence electrons.